The van der Waals surface area contributed by atoms with Crippen LogP contribution in [0.15, 0.2) is 24.3 Å². The van der Waals surface area contributed by atoms with Gasteiger partial charge in [0.2, 0.25) is 15.9 Å². The number of hydrogen-bond donors (Lipinski definition) is 1. The van der Waals surface area contributed by atoms with Crippen LogP contribution in [0.2, 0.25) is 0 Å². The van der Waals surface area contributed by atoms with E-state index in [-0.39, 0.29) is 18.5 Å². The predicted octanol–water partition coefficient (Wildman–Crippen LogP) is 1.45. The van der Waals surface area contributed by atoms with Crippen molar-refractivity contribution in [2.75, 3.05) is 44.4 Å². The average Bonchev–Trinajstić information content (AvgIpc) is 2.60. The van der Waals surface area contributed by atoms with Crippen molar-refractivity contribution in [2.24, 2.45) is 0 Å². The van der Waals surface area contributed by atoms with Gasteiger partial charge in [0.1, 0.15) is 5.75 Å². The van der Waals surface area contributed by atoms with Crippen LogP contribution in [0.3, 0.4) is 0 Å². The second-order valence-corrected chi connectivity index (χ2v) is 8.66. The maximum Gasteiger partial charge on any atom is 0.232 e. The minimum absolute atomic E-state index is 0.0203. The number of ether oxygens (including phenoxy) is 1. The molecule has 1 heterocycles. The Labute approximate surface area is 156 Å². The number of carbonyl (C=O) groups excluding carboxylic acids is 1. The van der Waals surface area contributed by atoms with E-state index in [0.29, 0.717) is 24.3 Å². The Balaban J connectivity index is 1.91. The van der Waals surface area contributed by atoms with Gasteiger partial charge in [-0.2, -0.15) is 0 Å². The lowest BCUT2D eigenvalue weighted by Crippen LogP contribution is -2.43. The van der Waals surface area contributed by atoms with Crippen LogP contribution in [0.25, 0.3) is 0 Å². The molecule has 0 aliphatic carbocycles. The number of carbonyl (C=O) groups is 1. The largest absolute Gasteiger partial charge is 0.495 e. The smallest absolute Gasteiger partial charge is 0.232 e. The average molecular weight is 384 g/mol. The van der Waals surface area contributed by atoms with Crippen molar-refractivity contribution in [2.45, 2.75) is 31.7 Å². The number of rotatable bonds is 8. The van der Waals surface area contributed by atoms with Crippen LogP contribution in [0, 0.1) is 0 Å². The van der Waals surface area contributed by atoms with Gasteiger partial charge < -0.3 is 15.0 Å². The van der Waals surface area contributed by atoms with E-state index in [1.54, 1.807) is 24.3 Å². The van der Waals surface area contributed by atoms with Crippen molar-refractivity contribution >= 4 is 21.6 Å². The lowest BCUT2D eigenvalue weighted by atomic mass is 10.1. The molecule has 7 nitrogen and oxygen atoms in total. The minimum atomic E-state index is -3.47. The van der Waals surface area contributed by atoms with Gasteiger partial charge in [0, 0.05) is 19.0 Å². The quantitative estimate of drug-likeness (QED) is 0.735. The summed E-state index contributed by atoms with van der Waals surface area (Å²) in [6, 6.07) is 7.21. The van der Waals surface area contributed by atoms with Crippen LogP contribution < -0.4 is 14.4 Å². The molecule has 0 unspecified atom stereocenters. The van der Waals surface area contributed by atoms with E-state index >= 15 is 0 Å². The van der Waals surface area contributed by atoms with Gasteiger partial charge in [0.05, 0.1) is 19.1 Å². The van der Waals surface area contributed by atoms with Crippen LogP contribution in [-0.2, 0) is 14.8 Å². The first kappa shape index (κ1) is 20.5. The first-order chi connectivity index (χ1) is 12.3. The number of benzene rings is 1. The number of sulfonamides is 1. The molecule has 1 aromatic carbocycles. The molecule has 26 heavy (non-hydrogen) atoms. The highest BCUT2D eigenvalue weighted by Crippen LogP contribution is 2.29. The van der Waals surface area contributed by atoms with Crippen molar-refractivity contribution in [3.63, 3.8) is 0 Å². The highest BCUT2D eigenvalue weighted by molar-refractivity contribution is 7.92. The third-order valence-electron chi connectivity index (χ3n) is 4.60. The number of likely N-dealkylation sites (tertiary alicyclic amines) is 1. The molecule has 146 valence electrons. The summed E-state index contributed by atoms with van der Waals surface area (Å²) in [5, 5.41) is 3.06. The number of para-hydroxylation sites is 2. The molecule has 0 saturated carbocycles. The number of amides is 1. The van der Waals surface area contributed by atoms with E-state index in [1.807, 2.05) is 0 Å². The van der Waals surface area contributed by atoms with Crippen LogP contribution >= 0.6 is 0 Å². The maximum atomic E-state index is 12.2. The molecule has 1 saturated heterocycles. The molecule has 0 atom stereocenters. The van der Waals surface area contributed by atoms with Crippen LogP contribution in [0.1, 0.15) is 25.7 Å². The maximum absolute atomic E-state index is 12.2. The van der Waals surface area contributed by atoms with E-state index in [1.165, 1.54) is 11.4 Å². The fraction of sp³-hybridized carbons (Fsp3) is 0.611. The summed E-state index contributed by atoms with van der Waals surface area (Å²) < 4.78 is 30.9. The molecule has 1 aliphatic rings. The van der Waals surface area contributed by atoms with Gasteiger partial charge in [0.15, 0.2) is 0 Å². The Morgan fingerprint density at radius 1 is 1.31 bits per heavy atom. The van der Waals surface area contributed by atoms with Crippen LogP contribution in [-0.4, -0.2) is 65.3 Å². The van der Waals surface area contributed by atoms with Gasteiger partial charge >= 0.3 is 0 Å². The molecule has 1 fully saturated rings. The Morgan fingerprint density at radius 2 is 1.96 bits per heavy atom. The predicted molar refractivity (Wildman–Crippen MR) is 103 cm³/mol. The number of nitrogens with zero attached hydrogens (tertiary/aromatic N) is 2. The molecule has 2 rings (SSSR count). The molecule has 1 aliphatic heterocycles. The highest BCUT2D eigenvalue weighted by atomic mass is 32.2. The summed E-state index contributed by atoms with van der Waals surface area (Å²) in [5.74, 6) is 0.474. The van der Waals surface area contributed by atoms with Gasteiger partial charge in [-0.25, -0.2) is 8.42 Å². The fourth-order valence-corrected chi connectivity index (χ4v) is 4.11. The fourth-order valence-electron chi connectivity index (χ4n) is 3.14. The zero-order valence-corrected chi connectivity index (χ0v) is 16.6. The third kappa shape index (κ3) is 5.88. The van der Waals surface area contributed by atoms with Crippen molar-refractivity contribution in [3.8, 4) is 5.75 Å². The number of methoxy groups -OCH3 is 1. The van der Waals surface area contributed by atoms with E-state index < -0.39 is 10.0 Å². The zero-order valence-electron chi connectivity index (χ0n) is 15.8. The number of anilines is 1. The lowest BCUT2D eigenvalue weighted by Gasteiger charge is -2.29. The zero-order chi connectivity index (χ0) is 19.2. The summed E-state index contributed by atoms with van der Waals surface area (Å²) >= 11 is 0. The summed E-state index contributed by atoms with van der Waals surface area (Å²) in [7, 11) is 0.122. The molecule has 0 bridgehead atoms. The van der Waals surface area contributed by atoms with Gasteiger partial charge in [-0.3, -0.25) is 9.10 Å². The monoisotopic (exact) mass is 383 g/mol. The number of piperidine rings is 1. The Kier molecular flexibility index (Phi) is 7.28. The topological polar surface area (TPSA) is 79.0 Å². The standard InChI is InChI=1S/C18H29N3O4S/c1-20-13-10-15(11-14-20)19-18(22)9-6-12-21(26(3,23)24)16-7-4-5-8-17(16)25-2/h4-5,7-8,15H,6,9-14H2,1-3H3,(H,19,22). The van der Waals surface area contributed by atoms with E-state index in [4.69, 9.17) is 4.74 Å². The molecular weight excluding hydrogens is 354 g/mol. The van der Waals surface area contributed by atoms with Crippen molar-refractivity contribution in [3.05, 3.63) is 24.3 Å². The lowest BCUT2D eigenvalue weighted by molar-refractivity contribution is -0.122. The van der Waals surface area contributed by atoms with Gasteiger partial charge in [0.25, 0.3) is 0 Å². The second-order valence-electron chi connectivity index (χ2n) is 6.76. The van der Waals surface area contributed by atoms with Crippen molar-refractivity contribution in [1.82, 2.24) is 10.2 Å². The van der Waals surface area contributed by atoms with Gasteiger partial charge in [-0.05, 0) is 51.5 Å². The van der Waals surface area contributed by atoms with Gasteiger partial charge in [-0.15, -0.1) is 0 Å². The molecule has 1 aromatic rings. The van der Waals surface area contributed by atoms with Crippen molar-refractivity contribution in [1.29, 1.82) is 0 Å². The summed E-state index contributed by atoms with van der Waals surface area (Å²) in [5.41, 5.74) is 0.494. The molecule has 0 aromatic heterocycles. The van der Waals surface area contributed by atoms with Crippen LogP contribution in [0.5, 0.6) is 5.75 Å². The normalized spacial score (nSPS) is 16.3. The van der Waals surface area contributed by atoms with E-state index in [2.05, 4.69) is 17.3 Å². The molecule has 0 spiro atoms. The summed E-state index contributed by atoms with van der Waals surface area (Å²) in [6.07, 6.45) is 3.83. The third-order valence-corrected chi connectivity index (χ3v) is 5.78. The summed E-state index contributed by atoms with van der Waals surface area (Å²) in [6.45, 7) is 2.21. The first-order valence-electron chi connectivity index (χ1n) is 8.90. The first-order valence-corrected chi connectivity index (χ1v) is 10.7. The SMILES string of the molecule is COc1ccccc1N(CCCC(=O)NC1CCN(C)CC1)S(C)(=O)=O. The molecule has 1 N–H and O–H groups in total. The molecule has 0 radical (unpaired) electrons. The van der Waals surface area contributed by atoms with Crippen LogP contribution in [0.4, 0.5) is 5.69 Å². The van der Waals surface area contributed by atoms with E-state index in [0.717, 1.165) is 32.2 Å². The Morgan fingerprint density at radius 3 is 2.58 bits per heavy atom. The summed E-state index contributed by atoms with van der Waals surface area (Å²) in [4.78, 5) is 14.4. The van der Waals surface area contributed by atoms with Crippen molar-refractivity contribution < 1.29 is 17.9 Å². The molecule has 1 amide bonds. The highest BCUT2D eigenvalue weighted by Gasteiger charge is 2.22. The minimum Gasteiger partial charge on any atom is -0.495 e. The Hall–Kier alpha value is -1.80. The van der Waals surface area contributed by atoms with Gasteiger partial charge in [-0.1, -0.05) is 12.1 Å². The second kappa shape index (κ2) is 9.23. The Bertz CT molecular complexity index is 700. The molecule has 8 heteroatoms. The number of nitrogens with one attached hydrogen (secondary N) is 1. The number of hydrogen-bond acceptors (Lipinski definition) is 5. The van der Waals surface area contributed by atoms with E-state index in [9.17, 15) is 13.2 Å². The molecular formula is C18H29N3O4S.